The molecule has 2 heterocycles. The molecule has 4 nitrogen and oxygen atoms in total. The molecule has 0 saturated carbocycles. The number of rotatable bonds is 5. The van der Waals surface area contributed by atoms with E-state index in [2.05, 4.69) is 41.5 Å². The molecule has 0 aliphatic carbocycles. The first kappa shape index (κ1) is 21.6. The summed E-state index contributed by atoms with van der Waals surface area (Å²) in [6, 6.07) is 13.0. The van der Waals surface area contributed by atoms with Crippen molar-refractivity contribution < 1.29 is 8.42 Å². The molecule has 1 fully saturated rings. The van der Waals surface area contributed by atoms with Crippen LogP contribution in [0.3, 0.4) is 0 Å². The molecule has 0 atom stereocenters. The summed E-state index contributed by atoms with van der Waals surface area (Å²) in [5.74, 6) is 0. The van der Waals surface area contributed by atoms with Crippen LogP contribution < -0.4 is 4.90 Å². The highest BCUT2D eigenvalue weighted by Crippen LogP contribution is 2.31. The normalized spacial score (nSPS) is 15.5. The molecule has 0 amide bonds. The molecule has 0 unspecified atom stereocenters. The molecule has 1 saturated heterocycles. The van der Waals surface area contributed by atoms with Gasteiger partial charge in [-0.05, 0) is 43.5 Å². The zero-order chi connectivity index (χ0) is 21.3. The topological polar surface area (TPSA) is 50.3 Å². The summed E-state index contributed by atoms with van der Waals surface area (Å²) >= 11 is 13.6. The number of piperidine rings is 1. The Labute approximate surface area is 191 Å². The number of sulfone groups is 1. The summed E-state index contributed by atoms with van der Waals surface area (Å²) in [6.07, 6.45) is 1.91. The zero-order valence-corrected chi connectivity index (χ0v) is 19.7. The molecule has 3 aromatic rings. The minimum Gasteiger partial charge on any atom is -0.348 e. The standard InChI is InChI=1S/C22H22Cl2N2O2S2/c1-15-3-2-4-16(9-15)10-19-14-29-22(25-19)26-7-5-20(6-8-26)30(27,28)21-12-17(23)11-18(24)13-21/h2-4,9,11-14,20H,5-8,10H2,1H3. The van der Waals surface area contributed by atoms with E-state index in [9.17, 15) is 8.42 Å². The number of aryl methyl sites for hydroxylation is 1. The lowest BCUT2D eigenvalue weighted by molar-refractivity contribution is 0.529. The van der Waals surface area contributed by atoms with Gasteiger partial charge in [0.15, 0.2) is 15.0 Å². The molecule has 8 heteroatoms. The van der Waals surface area contributed by atoms with E-state index in [4.69, 9.17) is 28.2 Å². The van der Waals surface area contributed by atoms with Crippen molar-refractivity contribution in [2.75, 3.05) is 18.0 Å². The SMILES string of the molecule is Cc1cccc(Cc2csc(N3CCC(S(=O)(=O)c4cc(Cl)cc(Cl)c4)CC3)n2)c1. The molecule has 1 aliphatic heterocycles. The number of hydrogen-bond donors (Lipinski definition) is 0. The number of thiazole rings is 1. The molecule has 4 rings (SSSR count). The summed E-state index contributed by atoms with van der Waals surface area (Å²) in [7, 11) is -3.46. The van der Waals surface area contributed by atoms with Crippen LogP contribution in [0.15, 0.2) is 52.7 Å². The molecule has 0 spiro atoms. The minimum absolute atomic E-state index is 0.202. The van der Waals surface area contributed by atoms with Crippen molar-refractivity contribution in [2.24, 2.45) is 0 Å². The van der Waals surface area contributed by atoms with Crippen LogP contribution in [-0.4, -0.2) is 31.7 Å². The van der Waals surface area contributed by atoms with Crippen LogP contribution in [0, 0.1) is 6.92 Å². The molecule has 2 aromatic carbocycles. The molecular weight excluding hydrogens is 459 g/mol. The molecule has 0 N–H and O–H groups in total. The third-order valence-electron chi connectivity index (χ3n) is 5.32. The lowest BCUT2D eigenvalue weighted by Crippen LogP contribution is -2.39. The Morgan fingerprint density at radius 1 is 1.10 bits per heavy atom. The van der Waals surface area contributed by atoms with Crippen LogP contribution in [0.2, 0.25) is 10.0 Å². The lowest BCUT2D eigenvalue weighted by Gasteiger charge is -2.31. The Kier molecular flexibility index (Phi) is 6.39. The summed E-state index contributed by atoms with van der Waals surface area (Å²) in [6.45, 7) is 3.41. The van der Waals surface area contributed by atoms with Gasteiger partial charge in [0.2, 0.25) is 0 Å². The third kappa shape index (κ3) is 4.83. The van der Waals surface area contributed by atoms with Crippen LogP contribution in [0.5, 0.6) is 0 Å². The second kappa shape index (κ2) is 8.87. The van der Waals surface area contributed by atoms with E-state index in [0.29, 0.717) is 36.0 Å². The summed E-state index contributed by atoms with van der Waals surface area (Å²) < 4.78 is 26.0. The summed E-state index contributed by atoms with van der Waals surface area (Å²) in [5, 5.41) is 3.29. The second-order valence-electron chi connectivity index (χ2n) is 7.62. The lowest BCUT2D eigenvalue weighted by atomic mass is 10.1. The Balaban J connectivity index is 1.42. The maximum Gasteiger partial charge on any atom is 0.185 e. The van der Waals surface area contributed by atoms with E-state index in [0.717, 1.165) is 17.2 Å². The Morgan fingerprint density at radius 2 is 1.80 bits per heavy atom. The highest BCUT2D eigenvalue weighted by Gasteiger charge is 2.32. The van der Waals surface area contributed by atoms with Crippen LogP contribution in [0.1, 0.15) is 29.7 Å². The van der Waals surface area contributed by atoms with Gasteiger partial charge in [-0.25, -0.2) is 13.4 Å². The molecular formula is C22H22Cl2N2O2S2. The number of nitrogens with zero attached hydrogens (tertiary/aromatic N) is 2. The first-order valence-corrected chi connectivity index (χ1v) is 12.9. The van der Waals surface area contributed by atoms with Crippen molar-refractivity contribution in [3.8, 4) is 0 Å². The van der Waals surface area contributed by atoms with Crippen molar-refractivity contribution in [1.29, 1.82) is 0 Å². The monoisotopic (exact) mass is 480 g/mol. The maximum absolute atomic E-state index is 13.0. The highest BCUT2D eigenvalue weighted by atomic mass is 35.5. The van der Waals surface area contributed by atoms with E-state index in [1.54, 1.807) is 17.4 Å². The second-order valence-corrected chi connectivity index (χ2v) is 11.6. The van der Waals surface area contributed by atoms with Gasteiger partial charge in [-0.1, -0.05) is 53.0 Å². The number of hydrogen-bond acceptors (Lipinski definition) is 5. The Hall–Kier alpha value is -1.60. The number of anilines is 1. The van der Waals surface area contributed by atoms with Crippen molar-refractivity contribution in [3.05, 3.63) is 74.7 Å². The number of aromatic nitrogens is 1. The van der Waals surface area contributed by atoms with Crippen LogP contribution >= 0.6 is 34.5 Å². The quantitative estimate of drug-likeness (QED) is 0.463. The summed E-state index contributed by atoms with van der Waals surface area (Å²) in [4.78, 5) is 7.17. The van der Waals surface area contributed by atoms with Gasteiger partial charge in [0, 0.05) is 34.9 Å². The van der Waals surface area contributed by atoms with E-state index in [-0.39, 0.29) is 4.90 Å². The van der Waals surface area contributed by atoms with Crippen molar-refractivity contribution in [2.45, 2.75) is 36.3 Å². The predicted octanol–water partition coefficient (Wildman–Crippen LogP) is 5.79. The van der Waals surface area contributed by atoms with Gasteiger partial charge in [0.1, 0.15) is 0 Å². The van der Waals surface area contributed by atoms with Gasteiger partial charge >= 0.3 is 0 Å². The third-order valence-corrected chi connectivity index (χ3v) is 8.95. The molecule has 1 aliphatic rings. The van der Waals surface area contributed by atoms with Crippen molar-refractivity contribution in [1.82, 2.24) is 4.98 Å². The smallest absolute Gasteiger partial charge is 0.185 e. The van der Waals surface area contributed by atoms with Crippen molar-refractivity contribution in [3.63, 3.8) is 0 Å². The first-order valence-electron chi connectivity index (χ1n) is 9.76. The molecule has 1 aromatic heterocycles. The Bertz CT molecular complexity index is 1130. The molecule has 0 bridgehead atoms. The number of benzene rings is 2. The largest absolute Gasteiger partial charge is 0.348 e. The average molecular weight is 481 g/mol. The average Bonchev–Trinajstić information content (AvgIpc) is 3.16. The highest BCUT2D eigenvalue weighted by molar-refractivity contribution is 7.92. The van der Waals surface area contributed by atoms with E-state index < -0.39 is 15.1 Å². The fraction of sp³-hybridized carbons (Fsp3) is 0.318. The Morgan fingerprint density at radius 3 is 2.47 bits per heavy atom. The van der Waals surface area contributed by atoms with Gasteiger partial charge in [-0.2, -0.15) is 0 Å². The zero-order valence-electron chi connectivity index (χ0n) is 16.5. The summed E-state index contributed by atoms with van der Waals surface area (Å²) in [5.41, 5.74) is 3.54. The van der Waals surface area contributed by atoms with Crippen LogP contribution in [-0.2, 0) is 16.3 Å². The van der Waals surface area contributed by atoms with Gasteiger partial charge in [0.05, 0.1) is 15.8 Å². The van der Waals surface area contributed by atoms with E-state index in [1.807, 2.05) is 0 Å². The number of halogens is 2. The fourth-order valence-electron chi connectivity index (χ4n) is 3.80. The van der Waals surface area contributed by atoms with Gasteiger partial charge in [-0.3, -0.25) is 0 Å². The molecule has 0 radical (unpaired) electrons. The predicted molar refractivity (Wildman–Crippen MR) is 125 cm³/mol. The van der Waals surface area contributed by atoms with Gasteiger partial charge in [-0.15, -0.1) is 11.3 Å². The van der Waals surface area contributed by atoms with E-state index in [1.165, 1.54) is 23.3 Å². The first-order chi connectivity index (χ1) is 14.3. The molecule has 30 heavy (non-hydrogen) atoms. The van der Waals surface area contributed by atoms with Crippen LogP contribution in [0.25, 0.3) is 0 Å². The molecule has 158 valence electrons. The fourth-order valence-corrected chi connectivity index (χ4v) is 7.13. The van der Waals surface area contributed by atoms with E-state index >= 15 is 0 Å². The van der Waals surface area contributed by atoms with Gasteiger partial charge < -0.3 is 4.90 Å². The maximum atomic E-state index is 13.0. The van der Waals surface area contributed by atoms with Crippen molar-refractivity contribution >= 4 is 49.5 Å². The van der Waals surface area contributed by atoms with Crippen LogP contribution in [0.4, 0.5) is 5.13 Å². The minimum atomic E-state index is -3.46. The van der Waals surface area contributed by atoms with Gasteiger partial charge in [0.25, 0.3) is 0 Å².